The first-order valence-electron chi connectivity index (χ1n) is 19.0. The molecule has 10 aromatic rings. The predicted molar refractivity (Wildman–Crippen MR) is 236 cm³/mol. The van der Waals surface area contributed by atoms with E-state index in [1.165, 1.54) is 58.7 Å². The van der Waals surface area contributed by atoms with Crippen LogP contribution in [0.25, 0.3) is 75.2 Å². The van der Waals surface area contributed by atoms with Gasteiger partial charge in [0, 0.05) is 42.2 Å². The Morgan fingerprint density at radius 3 is 2.00 bits per heavy atom. The van der Waals surface area contributed by atoms with Crippen molar-refractivity contribution in [3.63, 3.8) is 0 Å². The largest absolute Gasteiger partial charge is 0.613 e. The summed E-state index contributed by atoms with van der Waals surface area (Å²) in [5.41, 5.74) is 11.5. The molecule has 1 aliphatic heterocycles. The average Bonchev–Trinajstić information content (AvgIpc) is 3.83. The third-order valence-electron chi connectivity index (χ3n) is 11.0. The minimum absolute atomic E-state index is 0.241. The van der Waals surface area contributed by atoms with Crippen LogP contribution in [0, 0.1) is 0 Å². The van der Waals surface area contributed by atoms with Gasteiger partial charge in [0.05, 0.1) is 11.0 Å². The van der Waals surface area contributed by atoms with E-state index in [0.717, 1.165) is 33.8 Å². The lowest BCUT2D eigenvalue weighted by Gasteiger charge is -2.44. The smallest absolute Gasteiger partial charge is 0.126 e. The second-order valence-electron chi connectivity index (χ2n) is 14.4. The Balaban J connectivity index is 1.00. The molecule has 0 radical (unpaired) electrons. The topological polar surface area (TPSA) is 43.4 Å². The van der Waals surface area contributed by atoms with Crippen LogP contribution in [0.3, 0.4) is 0 Å². The molecular formula is C51H35N4S-. The maximum absolute atomic E-state index is 5.24. The van der Waals surface area contributed by atoms with Gasteiger partial charge in [-0.05, 0) is 88.2 Å². The Morgan fingerprint density at radius 1 is 0.482 bits per heavy atom. The number of fused-ring (bicyclic) bond motifs is 6. The van der Waals surface area contributed by atoms with E-state index in [1.54, 1.807) is 0 Å². The van der Waals surface area contributed by atoms with E-state index < -0.39 is 0 Å². The second-order valence-corrected chi connectivity index (χ2v) is 15.4. The molecule has 3 heterocycles. The molecule has 0 aliphatic carbocycles. The van der Waals surface area contributed by atoms with E-state index in [1.807, 2.05) is 23.5 Å². The van der Waals surface area contributed by atoms with Crippen molar-refractivity contribution in [1.82, 2.24) is 9.88 Å². The summed E-state index contributed by atoms with van der Waals surface area (Å²) in [6, 6.07) is 69.5. The van der Waals surface area contributed by atoms with Gasteiger partial charge in [-0.2, -0.15) is 0 Å². The molecule has 5 heteroatoms. The van der Waals surface area contributed by atoms with E-state index in [4.69, 9.17) is 10.3 Å². The van der Waals surface area contributed by atoms with E-state index >= 15 is 0 Å². The van der Waals surface area contributed by atoms with Gasteiger partial charge in [0.2, 0.25) is 0 Å². The minimum atomic E-state index is -0.360. The van der Waals surface area contributed by atoms with Crippen LogP contribution in [-0.2, 0) is 0 Å². The van der Waals surface area contributed by atoms with Gasteiger partial charge < -0.3 is 15.2 Å². The van der Waals surface area contributed by atoms with Crippen molar-refractivity contribution in [3.05, 3.63) is 216 Å². The highest BCUT2D eigenvalue weighted by molar-refractivity contribution is 7.26. The molecule has 0 fully saturated rings. The Labute approximate surface area is 329 Å². The predicted octanol–water partition coefficient (Wildman–Crippen LogP) is 13.6. The number of benzene rings is 8. The van der Waals surface area contributed by atoms with Crippen molar-refractivity contribution < 1.29 is 0 Å². The number of para-hydroxylation sites is 1. The standard InChI is InChI=1S/C51H35N4S/c1-3-13-33(14-4-1)36-17-11-18-38(31-36)51-53-49(34-15-5-2-6-16-34)52-50(54-51)35-25-28-39(29-26-35)55-45-23-9-7-19-41(45)42-30-27-37(32-46(42)55)40-21-12-22-44-43-20-8-10-24-47(43)56-48(40)44/h1-32,49,51H,(H,52,54)/q-1. The highest BCUT2D eigenvalue weighted by Crippen LogP contribution is 2.42. The second kappa shape index (κ2) is 13.5. The molecule has 0 bridgehead atoms. The lowest BCUT2D eigenvalue weighted by Crippen LogP contribution is -2.34. The summed E-state index contributed by atoms with van der Waals surface area (Å²) in [6.07, 6.45) is -0.601. The molecule has 4 nitrogen and oxygen atoms in total. The molecule has 1 aliphatic rings. The fourth-order valence-corrected chi connectivity index (χ4v) is 9.53. The molecule has 266 valence electrons. The number of nitrogens with one attached hydrogen (secondary N) is 1. The zero-order valence-corrected chi connectivity index (χ0v) is 31.2. The van der Waals surface area contributed by atoms with Crippen molar-refractivity contribution in [2.45, 2.75) is 12.3 Å². The molecule has 2 unspecified atom stereocenters. The van der Waals surface area contributed by atoms with Gasteiger partial charge >= 0.3 is 0 Å². The maximum Gasteiger partial charge on any atom is 0.126 e. The third-order valence-corrected chi connectivity index (χ3v) is 12.2. The summed E-state index contributed by atoms with van der Waals surface area (Å²) in [4.78, 5) is 5.24. The quantitative estimate of drug-likeness (QED) is 0.182. The summed E-state index contributed by atoms with van der Waals surface area (Å²) < 4.78 is 5.04. The van der Waals surface area contributed by atoms with Crippen LogP contribution in [0.15, 0.2) is 199 Å². The summed E-state index contributed by atoms with van der Waals surface area (Å²) in [5, 5.41) is 14.0. The first-order chi connectivity index (χ1) is 27.7. The number of aliphatic imine (C=N–C) groups is 1. The number of hydrogen-bond acceptors (Lipinski definition) is 3. The van der Waals surface area contributed by atoms with Gasteiger partial charge in [-0.15, -0.1) is 11.3 Å². The van der Waals surface area contributed by atoms with Crippen molar-refractivity contribution in [2.24, 2.45) is 4.99 Å². The van der Waals surface area contributed by atoms with Crippen LogP contribution in [-0.4, -0.2) is 10.4 Å². The zero-order valence-electron chi connectivity index (χ0n) is 30.4. The van der Waals surface area contributed by atoms with Crippen LogP contribution in [0.1, 0.15) is 29.0 Å². The van der Waals surface area contributed by atoms with Crippen LogP contribution in [0.5, 0.6) is 0 Å². The zero-order chi connectivity index (χ0) is 37.0. The average molecular weight is 736 g/mol. The van der Waals surface area contributed by atoms with Crippen LogP contribution < -0.4 is 5.32 Å². The SMILES string of the molecule is c1ccc(-c2cccc(C3N=C(c4ccc(-n5c6ccccc6c6ccc(-c7cccc8c7sc7ccccc78)cc65)cc4)NC(c4ccccc4)[N-]3)c2)cc1. The van der Waals surface area contributed by atoms with Gasteiger partial charge in [-0.25, -0.2) is 0 Å². The van der Waals surface area contributed by atoms with Crippen molar-refractivity contribution in [3.8, 4) is 27.9 Å². The first-order valence-corrected chi connectivity index (χ1v) is 19.9. The van der Waals surface area contributed by atoms with Crippen molar-refractivity contribution >= 4 is 59.2 Å². The summed E-state index contributed by atoms with van der Waals surface area (Å²) in [6.45, 7) is 0. The number of amidine groups is 1. The van der Waals surface area contributed by atoms with Gasteiger partial charge in [0.25, 0.3) is 0 Å². The summed E-state index contributed by atoms with van der Waals surface area (Å²) in [7, 11) is 0. The number of rotatable bonds is 6. The molecule has 0 amide bonds. The summed E-state index contributed by atoms with van der Waals surface area (Å²) in [5.74, 6) is 0.830. The molecule has 0 spiro atoms. The number of thiophene rings is 1. The normalized spacial score (nSPS) is 15.7. The van der Waals surface area contributed by atoms with E-state index in [9.17, 15) is 0 Å². The van der Waals surface area contributed by atoms with E-state index in [-0.39, 0.29) is 12.3 Å². The molecule has 1 N–H and O–H groups in total. The lowest BCUT2D eigenvalue weighted by atomic mass is 10.0. The molecule has 11 rings (SSSR count). The van der Waals surface area contributed by atoms with Crippen LogP contribution in [0.4, 0.5) is 0 Å². The van der Waals surface area contributed by atoms with Gasteiger partial charge in [-0.3, -0.25) is 4.99 Å². The molecule has 2 aromatic heterocycles. The summed E-state index contributed by atoms with van der Waals surface area (Å²) >= 11 is 1.88. The molecule has 8 aromatic carbocycles. The molecule has 0 saturated heterocycles. The Hall–Kier alpha value is -6.79. The fraction of sp³-hybridized carbons (Fsp3) is 0.0392. The Kier molecular flexibility index (Phi) is 7.87. The highest BCUT2D eigenvalue weighted by Gasteiger charge is 2.19. The minimum Gasteiger partial charge on any atom is -0.613 e. The Bertz CT molecular complexity index is 3090. The third kappa shape index (κ3) is 5.60. The number of nitrogens with zero attached hydrogens (tertiary/aromatic N) is 3. The Morgan fingerprint density at radius 2 is 1.14 bits per heavy atom. The number of hydrogen-bond donors (Lipinski definition) is 1. The van der Waals surface area contributed by atoms with E-state index in [0.29, 0.717) is 0 Å². The van der Waals surface area contributed by atoms with E-state index in [2.05, 4.69) is 192 Å². The van der Waals surface area contributed by atoms with Crippen LogP contribution >= 0.6 is 11.3 Å². The molecule has 0 saturated carbocycles. The van der Waals surface area contributed by atoms with Crippen molar-refractivity contribution in [1.29, 1.82) is 0 Å². The van der Waals surface area contributed by atoms with Gasteiger partial charge in [-0.1, -0.05) is 152 Å². The van der Waals surface area contributed by atoms with Gasteiger partial charge in [0.1, 0.15) is 5.84 Å². The van der Waals surface area contributed by atoms with Crippen molar-refractivity contribution in [2.75, 3.05) is 0 Å². The lowest BCUT2D eigenvalue weighted by molar-refractivity contribution is 0.631. The fourth-order valence-electron chi connectivity index (χ4n) is 8.29. The van der Waals surface area contributed by atoms with Crippen LogP contribution in [0.2, 0.25) is 0 Å². The monoisotopic (exact) mass is 735 g/mol. The number of aromatic nitrogens is 1. The first kappa shape index (κ1) is 32.6. The highest BCUT2D eigenvalue weighted by atomic mass is 32.1. The molecule has 2 atom stereocenters. The molecule has 56 heavy (non-hydrogen) atoms. The molecular weight excluding hydrogens is 701 g/mol. The maximum atomic E-state index is 5.24. The van der Waals surface area contributed by atoms with Gasteiger partial charge in [0.15, 0.2) is 0 Å².